The van der Waals surface area contributed by atoms with Gasteiger partial charge in [-0.1, -0.05) is 13.8 Å². The number of hydrogen-bond donors (Lipinski definition) is 5. The molecule has 11 nitrogen and oxygen atoms in total. The molecular weight excluding hydrogens is 356 g/mol. The molecule has 0 atom stereocenters. The highest BCUT2D eigenvalue weighted by Crippen LogP contribution is 2.04. The molecule has 0 aromatic carbocycles. The predicted octanol–water partition coefficient (Wildman–Crippen LogP) is -0.693. The predicted molar refractivity (Wildman–Crippen MR) is 97.4 cm³/mol. The van der Waals surface area contributed by atoms with Gasteiger partial charge in [-0.05, 0) is 18.4 Å². The van der Waals surface area contributed by atoms with Crippen LogP contribution in [0.3, 0.4) is 0 Å². The molecule has 0 aliphatic heterocycles. The van der Waals surface area contributed by atoms with Crippen LogP contribution in [0.5, 0.6) is 0 Å². The van der Waals surface area contributed by atoms with Crippen molar-refractivity contribution in [2.75, 3.05) is 12.3 Å². The summed E-state index contributed by atoms with van der Waals surface area (Å²) in [6.07, 6.45) is 0.945. The van der Waals surface area contributed by atoms with Gasteiger partial charge in [0.1, 0.15) is 17.3 Å². The highest BCUT2D eigenvalue weighted by molar-refractivity contribution is 5.92. The van der Waals surface area contributed by atoms with Gasteiger partial charge in [-0.25, -0.2) is 9.78 Å². The highest BCUT2D eigenvalue weighted by Gasteiger charge is 2.11. The molecule has 6 N–H and O–H groups in total. The molecule has 2 rings (SSSR count). The number of nitrogens with two attached hydrogens (primary N) is 1. The van der Waals surface area contributed by atoms with Gasteiger partial charge in [-0.15, -0.1) is 0 Å². The molecule has 0 unspecified atom stereocenters. The molecule has 0 bridgehead atoms. The third-order valence-electron chi connectivity index (χ3n) is 3.12. The molecule has 2 aromatic rings. The Morgan fingerprint density at radius 2 is 1.96 bits per heavy atom. The fraction of sp³-hybridized carbons (Fsp3) is 0.375. The molecule has 0 radical (unpaired) electrons. The Morgan fingerprint density at radius 1 is 1.30 bits per heavy atom. The van der Waals surface area contributed by atoms with Crippen molar-refractivity contribution in [1.82, 2.24) is 25.3 Å². The smallest absolute Gasteiger partial charge is 0.345 e. The van der Waals surface area contributed by atoms with Crippen LogP contribution in [-0.2, 0) is 17.6 Å². The quantitative estimate of drug-likeness (QED) is 0.409. The van der Waals surface area contributed by atoms with Crippen molar-refractivity contribution in [3.8, 4) is 0 Å². The summed E-state index contributed by atoms with van der Waals surface area (Å²) in [7, 11) is 0. The molecule has 2 heterocycles. The average molecular weight is 378 g/mol. The summed E-state index contributed by atoms with van der Waals surface area (Å²) < 4.78 is 0. The first-order chi connectivity index (χ1) is 12.7. The number of aromatic nitrogens is 4. The first kappa shape index (κ1) is 21.5. The van der Waals surface area contributed by atoms with E-state index >= 15 is 0 Å². The Morgan fingerprint density at radius 3 is 2.56 bits per heavy atom. The van der Waals surface area contributed by atoms with Crippen LogP contribution in [0.15, 0.2) is 21.7 Å². The number of carbonyl (C=O) groups excluding carboxylic acids is 1. The van der Waals surface area contributed by atoms with E-state index in [0.29, 0.717) is 30.3 Å². The fourth-order valence-corrected chi connectivity index (χ4v) is 2.21. The van der Waals surface area contributed by atoms with Gasteiger partial charge in [-0.3, -0.25) is 14.4 Å². The van der Waals surface area contributed by atoms with Crippen LogP contribution in [0.4, 0.5) is 5.82 Å². The number of carboxylic acid groups (broad SMARTS) is 1. The molecule has 0 saturated heterocycles. The van der Waals surface area contributed by atoms with Crippen molar-refractivity contribution >= 4 is 18.2 Å². The SMILES string of the molecule is CC(C)Cc1cc(C(=O)NCCc2nc(N)cc(=O)[nH]2)nc(=O)[nH]1.O=CO. The summed E-state index contributed by atoms with van der Waals surface area (Å²) in [5.74, 6) is 0.372. The molecule has 0 aliphatic carbocycles. The average Bonchev–Trinajstić information content (AvgIpc) is 2.53. The van der Waals surface area contributed by atoms with Crippen molar-refractivity contribution in [1.29, 1.82) is 0 Å². The van der Waals surface area contributed by atoms with Crippen LogP contribution in [0.2, 0.25) is 0 Å². The minimum Gasteiger partial charge on any atom is -0.483 e. The van der Waals surface area contributed by atoms with Gasteiger partial charge in [0.15, 0.2) is 0 Å². The van der Waals surface area contributed by atoms with Gasteiger partial charge in [0.2, 0.25) is 0 Å². The van der Waals surface area contributed by atoms with E-state index in [1.54, 1.807) is 6.07 Å². The van der Waals surface area contributed by atoms with Crippen LogP contribution in [-0.4, -0.2) is 44.0 Å². The van der Waals surface area contributed by atoms with Crippen LogP contribution in [0, 0.1) is 5.92 Å². The Kier molecular flexibility index (Phi) is 8.36. The summed E-state index contributed by atoms with van der Waals surface area (Å²) in [6, 6.07) is 2.75. The summed E-state index contributed by atoms with van der Waals surface area (Å²) in [5, 5.41) is 9.53. The number of rotatable bonds is 6. The maximum absolute atomic E-state index is 12.1. The normalized spacial score (nSPS) is 10.0. The van der Waals surface area contributed by atoms with E-state index in [1.807, 2.05) is 13.8 Å². The minimum absolute atomic E-state index is 0.0587. The molecule has 27 heavy (non-hydrogen) atoms. The van der Waals surface area contributed by atoms with Gasteiger partial charge in [0.05, 0.1) is 0 Å². The number of anilines is 1. The number of amides is 1. The lowest BCUT2D eigenvalue weighted by Gasteiger charge is -2.07. The van der Waals surface area contributed by atoms with Crippen LogP contribution in [0.1, 0.15) is 35.9 Å². The molecule has 11 heteroatoms. The Balaban J connectivity index is 0.00000114. The van der Waals surface area contributed by atoms with Gasteiger partial charge >= 0.3 is 5.69 Å². The second kappa shape index (κ2) is 10.5. The van der Waals surface area contributed by atoms with Crippen molar-refractivity contribution in [2.45, 2.75) is 26.7 Å². The molecule has 0 saturated carbocycles. The number of nitrogens with one attached hydrogen (secondary N) is 3. The summed E-state index contributed by atoms with van der Waals surface area (Å²) in [4.78, 5) is 56.1. The van der Waals surface area contributed by atoms with Gasteiger partial charge in [-0.2, -0.15) is 4.98 Å². The lowest BCUT2D eigenvalue weighted by molar-refractivity contribution is -0.122. The second-order valence-electron chi connectivity index (χ2n) is 5.92. The molecule has 0 spiro atoms. The number of nitrogen functional groups attached to an aromatic ring is 1. The fourth-order valence-electron chi connectivity index (χ4n) is 2.21. The Hall–Kier alpha value is -3.50. The third kappa shape index (κ3) is 7.94. The Bertz CT molecular complexity index is 889. The number of nitrogens with zero attached hydrogens (tertiary/aromatic N) is 2. The highest BCUT2D eigenvalue weighted by atomic mass is 16.3. The second-order valence-corrected chi connectivity index (χ2v) is 5.92. The Labute approximate surface area is 154 Å². The lowest BCUT2D eigenvalue weighted by atomic mass is 10.1. The van der Waals surface area contributed by atoms with Crippen LogP contribution >= 0.6 is 0 Å². The lowest BCUT2D eigenvalue weighted by Crippen LogP contribution is -2.30. The van der Waals surface area contributed by atoms with Crippen molar-refractivity contribution in [3.05, 3.63) is 50.2 Å². The summed E-state index contributed by atoms with van der Waals surface area (Å²) in [6.45, 7) is 3.99. The first-order valence-electron chi connectivity index (χ1n) is 8.07. The van der Waals surface area contributed by atoms with Gasteiger partial charge in [0, 0.05) is 24.7 Å². The number of carbonyl (C=O) groups is 2. The van der Waals surface area contributed by atoms with Crippen molar-refractivity contribution in [3.63, 3.8) is 0 Å². The summed E-state index contributed by atoms with van der Waals surface area (Å²) in [5.41, 5.74) is 5.31. The van der Waals surface area contributed by atoms with E-state index < -0.39 is 11.6 Å². The van der Waals surface area contributed by atoms with Gasteiger partial charge in [0.25, 0.3) is 17.9 Å². The zero-order valence-corrected chi connectivity index (χ0v) is 15.0. The molecular formula is C16H22N6O5. The minimum atomic E-state index is -0.555. The van der Waals surface area contributed by atoms with Crippen molar-refractivity contribution in [2.24, 2.45) is 5.92 Å². The van der Waals surface area contributed by atoms with E-state index in [0.717, 1.165) is 0 Å². The third-order valence-corrected chi connectivity index (χ3v) is 3.12. The molecule has 146 valence electrons. The van der Waals surface area contributed by atoms with E-state index in [9.17, 15) is 14.4 Å². The number of aromatic amines is 2. The van der Waals surface area contributed by atoms with Crippen LogP contribution < -0.4 is 22.3 Å². The monoisotopic (exact) mass is 378 g/mol. The zero-order valence-electron chi connectivity index (χ0n) is 15.0. The molecule has 1 amide bonds. The van der Waals surface area contributed by atoms with E-state index in [1.165, 1.54) is 6.07 Å². The van der Waals surface area contributed by atoms with Crippen molar-refractivity contribution < 1.29 is 14.7 Å². The molecule has 0 aliphatic rings. The topological polar surface area (TPSA) is 184 Å². The zero-order chi connectivity index (χ0) is 20.4. The van der Waals surface area contributed by atoms with E-state index in [2.05, 4.69) is 25.3 Å². The molecule has 0 fully saturated rings. The maximum atomic E-state index is 12.1. The van der Waals surface area contributed by atoms with E-state index in [-0.39, 0.29) is 30.1 Å². The first-order valence-corrected chi connectivity index (χ1v) is 8.07. The summed E-state index contributed by atoms with van der Waals surface area (Å²) >= 11 is 0. The number of hydrogen-bond acceptors (Lipinski definition) is 7. The number of H-pyrrole nitrogens is 2. The maximum Gasteiger partial charge on any atom is 0.345 e. The van der Waals surface area contributed by atoms with E-state index in [4.69, 9.17) is 15.6 Å². The van der Waals surface area contributed by atoms with Gasteiger partial charge < -0.3 is 26.1 Å². The largest absolute Gasteiger partial charge is 0.483 e. The standard InChI is InChI=1S/C15H20N6O3.CH2O2/c1-8(2)5-9-6-10(19-15(24)18-9)14(23)17-4-3-12-20-11(16)7-13(22)21-12;2-1-3/h6-8H,3-5H2,1-2H3,(H,17,23)(H,18,19,24)(H3,16,20,21,22);1H,(H,2,3). The molecule has 2 aromatic heterocycles. The van der Waals surface area contributed by atoms with Crippen LogP contribution in [0.25, 0.3) is 0 Å².